The first-order valence-corrected chi connectivity index (χ1v) is 11.6. The maximum absolute atomic E-state index is 14.0. The minimum atomic E-state index is -0.526. The Morgan fingerprint density at radius 1 is 1.18 bits per heavy atom. The number of likely N-dealkylation sites (tertiary alicyclic amines) is 1. The van der Waals surface area contributed by atoms with Crippen molar-refractivity contribution in [1.82, 2.24) is 25.2 Å². The fraction of sp³-hybridized carbons (Fsp3) is 0.440. The summed E-state index contributed by atoms with van der Waals surface area (Å²) in [7, 11) is 1.69. The highest BCUT2D eigenvalue weighted by Crippen LogP contribution is 2.31. The Labute approximate surface area is 198 Å². The number of nitrogens with zero attached hydrogens (tertiary/aromatic N) is 4. The molecule has 2 aromatic heterocycles. The van der Waals surface area contributed by atoms with Crippen molar-refractivity contribution < 1.29 is 18.5 Å². The molecule has 180 valence electrons. The van der Waals surface area contributed by atoms with Crippen molar-refractivity contribution in [2.45, 2.75) is 51.6 Å². The molecule has 4 rings (SSSR count). The SMILES string of the molecule is CC(NC(=O)C1CCCN1C(=O)C(c1ccno1)C(C)C)c1ccc(-c2c(F)cnn2C)cc1. The molecule has 0 spiro atoms. The zero-order chi connectivity index (χ0) is 24.4. The Bertz CT molecular complexity index is 1120. The van der Waals surface area contributed by atoms with Crippen LogP contribution in [-0.4, -0.2) is 44.2 Å². The Hall–Kier alpha value is -3.49. The van der Waals surface area contributed by atoms with Crippen molar-refractivity contribution in [3.8, 4) is 11.3 Å². The topological polar surface area (TPSA) is 93.3 Å². The van der Waals surface area contributed by atoms with E-state index in [1.807, 2.05) is 45.0 Å². The smallest absolute Gasteiger partial charge is 0.243 e. The lowest BCUT2D eigenvalue weighted by molar-refractivity contribution is -0.141. The molecule has 3 atom stereocenters. The summed E-state index contributed by atoms with van der Waals surface area (Å²) in [6.45, 7) is 6.34. The van der Waals surface area contributed by atoms with Crippen LogP contribution in [0.25, 0.3) is 11.3 Å². The van der Waals surface area contributed by atoms with E-state index in [1.165, 1.54) is 17.1 Å². The lowest BCUT2D eigenvalue weighted by atomic mass is 9.91. The third kappa shape index (κ3) is 4.60. The molecule has 1 aliphatic heterocycles. The number of rotatable bonds is 7. The number of nitrogens with one attached hydrogen (secondary N) is 1. The molecular weight excluding hydrogens is 437 g/mol. The van der Waals surface area contributed by atoms with Gasteiger partial charge in [-0.15, -0.1) is 0 Å². The van der Waals surface area contributed by atoms with E-state index >= 15 is 0 Å². The molecule has 0 radical (unpaired) electrons. The number of aryl methyl sites for hydroxylation is 1. The average Bonchev–Trinajstić information content (AvgIpc) is 3.56. The molecule has 0 saturated carbocycles. The van der Waals surface area contributed by atoms with Crippen LogP contribution in [0.1, 0.15) is 56.9 Å². The van der Waals surface area contributed by atoms with Gasteiger partial charge in [-0.2, -0.15) is 5.10 Å². The fourth-order valence-electron chi connectivity index (χ4n) is 4.66. The normalized spacial score (nSPS) is 17.7. The summed E-state index contributed by atoms with van der Waals surface area (Å²) >= 11 is 0. The standard InChI is InChI=1S/C25H30FN5O3/c1-15(2)22(21-11-12-28-34-21)25(33)31-13-5-6-20(31)24(32)29-16(3)17-7-9-18(10-8-17)23-19(26)14-27-30(23)4/h7-12,14-16,20,22H,5-6,13H2,1-4H3,(H,29,32). The van der Waals surface area contributed by atoms with Crippen LogP contribution in [-0.2, 0) is 16.6 Å². The summed E-state index contributed by atoms with van der Waals surface area (Å²) in [5.41, 5.74) is 2.01. The molecule has 1 aliphatic rings. The fourth-order valence-corrected chi connectivity index (χ4v) is 4.66. The first-order valence-electron chi connectivity index (χ1n) is 11.6. The van der Waals surface area contributed by atoms with Crippen LogP contribution in [0.3, 0.4) is 0 Å². The summed E-state index contributed by atoms with van der Waals surface area (Å²) in [4.78, 5) is 28.2. The zero-order valence-electron chi connectivity index (χ0n) is 19.9. The minimum Gasteiger partial charge on any atom is -0.361 e. The lowest BCUT2D eigenvalue weighted by Gasteiger charge is -2.29. The first kappa shape index (κ1) is 23.7. The molecule has 1 fully saturated rings. The van der Waals surface area contributed by atoms with Gasteiger partial charge in [0.1, 0.15) is 23.4 Å². The van der Waals surface area contributed by atoms with E-state index < -0.39 is 12.0 Å². The molecule has 1 N–H and O–H groups in total. The van der Waals surface area contributed by atoms with Gasteiger partial charge in [0.25, 0.3) is 0 Å². The van der Waals surface area contributed by atoms with Crippen molar-refractivity contribution in [1.29, 1.82) is 0 Å². The molecule has 3 aromatic rings. The van der Waals surface area contributed by atoms with Crippen LogP contribution in [0.5, 0.6) is 0 Å². The molecule has 2 amide bonds. The Balaban J connectivity index is 1.45. The summed E-state index contributed by atoms with van der Waals surface area (Å²) in [5, 5.41) is 10.7. The van der Waals surface area contributed by atoms with Gasteiger partial charge in [0.05, 0.1) is 18.4 Å². The number of benzene rings is 1. The van der Waals surface area contributed by atoms with Crippen LogP contribution >= 0.6 is 0 Å². The van der Waals surface area contributed by atoms with Crippen LogP contribution in [0.2, 0.25) is 0 Å². The van der Waals surface area contributed by atoms with Gasteiger partial charge >= 0.3 is 0 Å². The second-order valence-electron chi connectivity index (χ2n) is 9.14. The monoisotopic (exact) mass is 467 g/mol. The van der Waals surface area contributed by atoms with E-state index in [1.54, 1.807) is 18.0 Å². The summed E-state index contributed by atoms with van der Waals surface area (Å²) in [6, 6.07) is 8.26. The third-order valence-electron chi connectivity index (χ3n) is 6.47. The molecule has 9 heteroatoms. The number of halogens is 1. The number of hydrogen-bond donors (Lipinski definition) is 1. The summed E-state index contributed by atoms with van der Waals surface area (Å²) < 4.78 is 20.8. The number of carbonyl (C=O) groups is 2. The summed E-state index contributed by atoms with van der Waals surface area (Å²) in [6.07, 6.45) is 4.10. The molecular formula is C25H30FN5O3. The van der Waals surface area contributed by atoms with E-state index in [9.17, 15) is 14.0 Å². The van der Waals surface area contributed by atoms with Crippen molar-refractivity contribution in [2.24, 2.45) is 13.0 Å². The van der Waals surface area contributed by atoms with Gasteiger partial charge in [0, 0.05) is 25.2 Å². The van der Waals surface area contributed by atoms with Gasteiger partial charge in [-0.05, 0) is 31.2 Å². The third-order valence-corrected chi connectivity index (χ3v) is 6.47. The molecule has 3 unspecified atom stereocenters. The largest absolute Gasteiger partial charge is 0.361 e. The maximum Gasteiger partial charge on any atom is 0.243 e. The molecule has 8 nitrogen and oxygen atoms in total. The van der Waals surface area contributed by atoms with Crippen molar-refractivity contribution in [2.75, 3.05) is 6.54 Å². The number of hydrogen-bond acceptors (Lipinski definition) is 5. The molecule has 3 heterocycles. The van der Waals surface area contributed by atoms with Gasteiger partial charge < -0.3 is 14.7 Å². The second-order valence-corrected chi connectivity index (χ2v) is 9.14. The van der Waals surface area contributed by atoms with E-state index in [0.717, 1.165) is 12.0 Å². The minimum absolute atomic E-state index is 0.00598. The highest BCUT2D eigenvalue weighted by Gasteiger charge is 2.40. The predicted molar refractivity (Wildman–Crippen MR) is 124 cm³/mol. The highest BCUT2D eigenvalue weighted by atomic mass is 19.1. The van der Waals surface area contributed by atoms with Gasteiger partial charge in [-0.3, -0.25) is 14.3 Å². The van der Waals surface area contributed by atoms with Gasteiger partial charge in [0.2, 0.25) is 11.8 Å². The molecule has 0 aliphatic carbocycles. The molecule has 1 aromatic carbocycles. The first-order chi connectivity index (χ1) is 16.3. The predicted octanol–water partition coefficient (Wildman–Crippen LogP) is 3.82. The van der Waals surface area contributed by atoms with Crippen LogP contribution in [0, 0.1) is 11.7 Å². The Morgan fingerprint density at radius 3 is 2.50 bits per heavy atom. The average molecular weight is 468 g/mol. The van der Waals surface area contributed by atoms with E-state index in [0.29, 0.717) is 30.0 Å². The van der Waals surface area contributed by atoms with Gasteiger partial charge in [0.15, 0.2) is 5.82 Å². The van der Waals surface area contributed by atoms with E-state index in [2.05, 4.69) is 15.6 Å². The van der Waals surface area contributed by atoms with Crippen molar-refractivity contribution in [3.05, 3.63) is 59.9 Å². The summed E-state index contributed by atoms with van der Waals surface area (Å²) in [5.74, 6) is -0.628. The van der Waals surface area contributed by atoms with E-state index in [4.69, 9.17) is 4.52 Å². The quantitative estimate of drug-likeness (QED) is 0.570. The number of carbonyl (C=O) groups excluding carboxylic acids is 2. The van der Waals surface area contributed by atoms with Crippen molar-refractivity contribution >= 4 is 11.8 Å². The Kier molecular flexibility index (Phi) is 6.81. The van der Waals surface area contributed by atoms with Crippen molar-refractivity contribution in [3.63, 3.8) is 0 Å². The molecule has 0 bridgehead atoms. The Morgan fingerprint density at radius 2 is 1.91 bits per heavy atom. The lowest BCUT2D eigenvalue weighted by Crippen LogP contribution is -2.48. The maximum atomic E-state index is 14.0. The van der Waals surface area contributed by atoms with Crippen LogP contribution in [0.15, 0.2) is 47.2 Å². The number of aromatic nitrogens is 3. The zero-order valence-corrected chi connectivity index (χ0v) is 19.9. The second kappa shape index (κ2) is 9.79. The van der Waals surface area contributed by atoms with Gasteiger partial charge in [-0.25, -0.2) is 4.39 Å². The highest BCUT2D eigenvalue weighted by molar-refractivity contribution is 5.91. The van der Waals surface area contributed by atoms with Crippen LogP contribution in [0.4, 0.5) is 4.39 Å². The molecule has 1 saturated heterocycles. The molecule has 34 heavy (non-hydrogen) atoms. The van der Waals surface area contributed by atoms with Gasteiger partial charge in [-0.1, -0.05) is 43.3 Å². The number of amides is 2. The van der Waals surface area contributed by atoms with Crippen LogP contribution < -0.4 is 5.32 Å². The van der Waals surface area contributed by atoms with E-state index in [-0.39, 0.29) is 29.6 Å².